The number of anilines is 1. The zero-order valence-electron chi connectivity index (χ0n) is 13.3. The molecule has 0 aliphatic heterocycles. The summed E-state index contributed by atoms with van der Waals surface area (Å²) in [5.41, 5.74) is 3.22. The third kappa shape index (κ3) is 5.40. The zero-order chi connectivity index (χ0) is 17.6. The lowest BCUT2D eigenvalue weighted by molar-refractivity contribution is 0.306. The fraction of sp³-hybridized carbons (Fsp3) is 0.100. The van der Waals surface area contributed by atoms with Crippen molar-refractivity contribution >= 4 is 44.8 Å². The summed E-state index contributed by atoms with van der Waals surface area (Å²) in [6.07, 6.45) is 0. The minimum absolute atomic E-state index is 0.545. The van der Waals surface area contributed by atoms with Gasteiger partial charge in [-0.1, -0.05) is 63.4 Å². The van der Waals surface area contributed by atoms with E-state index in [2.05, 4.69) is 21.2 Å². The molecule has 0 aromatic heterocycles. The molecular weight excluding hydrogens is 421 g/mol. The summed E-state index contributed by atoms with van der Waals surface area (Å²) in [4.78, 5) is 0. The largest absolute Gasteiger partial charge is 0.489 e. The molecule has 5 heteroatoms. The molecule has 0 radical (unpaired) electrons. The van der Waals surface area contributed by atoms with E-state index in [-0.39, 0.29) is 0 Å². The molecule has 0 atom stereocenters. The summed E-state index contributed by atoms with van der Waals surface area (Å²) in [6, 6.07) is 21.7. The summed E-state index contributed by atoms with van der Waals surface area (Å²) in [6.45, 7) is 1.25. The summed E-state index contributed by atoms with van der Waals surface area (Å²) in [7, 11) is 0. The van der Waals surface area contributed by atoms with Crippen LogP contribution >= 0.6 is 39.1 Å². The molecule has 0 bridgehead atoms. The van der Waals surface area contributed by atoms with Gasteiger partial charge in [-0.3, -0.25) is 0 Å². The van der Waals surface area contributed by atoms with Gasteiger partial charge in [-0.25, -0.2) is 0 Å². The van der Waals surface area contributed by atoms with Crippen molar-refractivity contribution in [2.75, 3.05) is 5.32 Å². The molecule has 0 saturated carbocycles. The Hall–Kier alpha value is -1.68. The van der Waals surface area contributed by atoms with Crippen LogP contribution in [0.1, 0.15) is 11.1 Å². The molecule has 2 nitrogen and oxygen atoms in total. The van der Waals surface area contributed by atoms with Crippen LogP contribution in [0.2, 0.25) is 10.0 Å². The van der Waals surface area contributed by atoms with Crippen LogP contribution in [0.5, 0.6) is 5.75 Å². The number of rotatable bonds is 6. The SMILES string of the molecule is Clc1ccc(NCc2ccc(OCc3ccc(Br)cc3)cc2)cc1Cl. The summed E-state index contributed by atoms with van der Waals surface area (Å²) in [5, 5.41) is 4.42. The molecule has 1 N–H and O–H groups in total. The standard InChI is InChI=1S/C20H16BrCl2NO/c21-16-5-1-15(2-6-16)13-25-18-8-3-14(4-9-18)12-24-17-7-10-19(22)20(23)11-17/h1-11,24H,12-13H2. The van der Waals surface area contributed by atoms with Gasteiger partial charge in [0, 0.05) is 16.7 Å². The van der Waals surface area contributed by atoms with Gasteiger partial charge >= 0.3 is 0 Å². The van der Waals surface area contributed by atoms with Crippen LogP contribution in [0.25, 0.3) is 0 Å². The van der Waals surface area contributed by atoms with E-state index >= 15 is 0 Å². The van der Waals surface area contributed by atoms with E-state index in [0.29, 0.717) is 23.2 Å². The second-order valence-electron chi connectivity index (χ2n) is 5.54. The molecule has 3 aromatic rings. The normalized spacial score (nSPS) is 10.5. The van der Waals surface area contributed by atoms with Gasteiger partial charge in [-0.2, -0.15) is 0 Å². The highest BCUT2D eigenvalue weighted by atomic mass is 79.9. The van der Waals surface area contributed by atoms with Gasteiger partial charge in [0.25, 0.3) is 0 Å². The maximum atomic E-state index is 6.02. The number of halogens is 3. The Balaban J connectivity index is 1.53. The van der Waals surface area contributed by atoms with Crippen molar-refractivity contribution < 1.29 is 4.74 Å². The first-order valence-electron chi connectivity index (χ1n) is 7.75. The fourth-order valence-corrected chi connectivity index (χ4v) is 2.82. The molecule has 0 heterocycles. The van der Waals surface area contributed by atoms with Crippen molar-refractivity contribution in [2.45, 2.75) is 13.2 Å². The predicted molar refractivity (Wildman–Crippen MR) is 109 cm³/mol. The molecule has 25 heavy (non-hydrogen) atoms. The first-order valence-corrected chi connectivity index (χ1v) is 9.30. The van der Waals surface area contributed by atoms with E-state index in [9.17, 15) is 0 Å². The predicted octanol–water partition coefficient (Wildman–Crippen LogP) is 6.95. The van der Waals surface area contributed by atoms with Crippen LogP contribution in [0.3, 0.4) is 0 Å². The number of benzene rings is 3. The minimum Gasteiger partial charge on any atom is -0.489 e. The van der Waals surface area contributed by atoms with Gasteiger partial charge in [0.2, 0.25) is 0 Å². The Labute approximate surface area is 165 Å². The van der Waals surface area contributed by atoms with Gasteiger partial charge in [0.1, 0.15) is 12.4 Å². The quantitative estimate of drug-likeness (QED) is 0.451. The molecule has 0 saturated heterocycles. The Morgan fingerprint density at radius 1 is 0.800 bits per heavy atom. The summed E-state index contributed by atoms with van der Waals surface area (Å²) in [5.74, 6) is 0.848. The Morgan fingerprint density at radius 2 is 1.48 bits per heavy atom. The van der Waals surface area contributed by atoms with Gasteiger partial charge < -0.3 is 10.1 Å². The highest BCUT2D eigenvalue weighted by Crippen LogP contribution is 2.25. The topological polar surface area (TPSA) is 21.3 Å². The highest BCUT2D eigenvalue weighted by molar-refractivity contribution is 9.10. The van der Waals surface area contributed by atoms with Crippen molar-refractivity contribution in [2.24, 2.45) is 0 Å². The van der Waals surface area contributed by atoms with E-state index in [1.807, 2.05) is 60.7 Å². The lowest BCUT2D eigenvalue weighted by Crippen LogP contribution is -2.00. The molecular formula is C20H16BrCl2NO. The monoisotopic (exact) mass is 435 g/mol. The van der Waals surface area contributed by atoms with Crippen molar-refractivity contribution in [3.63, 3.8) is 0 Å². The Morgan fingerprint density at radius 3 is 2.16 bits per heavy atom. The maximum Gasteiger partial charge on any atom is 0.119 e. The average molecular weight is 437 g/mol. The third-order valence-electron chi connectivity index (χ3n) is 3.66. The van der Waals surface area contributed by atoms with Crippen LogP contribution in [-0.4, -0.2) is 0 Å². The van der Waals surface area contributed by atoms with Crippen molar-refractivity contribution in [3.8, 4) is 5.75 Å². The lowest BCUT2D eigenvalue weighted by Gasteiger charge is -2.10. The van der Waals surface area contributed by atoms with Gasteiger partial charge in [0.05, 0.1) is 10.0 Å². The van der Waals surface area contributed by atoms with E-state index in [1.54, 1.807) is 6.07 Å². The molecule has 0 amide bonds. The second kappa shape index (κ2) is 8.61. The van der Waals surface area contributed by atoms with Gasteiger partial charge in [-0.15, -0.1) is 0 Å². The molecule has 0 fully saturated rings. The zero-order valence-corrected chi connectivity index (χ0v) is 16.4. The van der Waals surface area contributed by atoms with E-state index in [1.165, 1.54) is 0 Å². The Kier molecular flexibility index (Phi) is 6.24. The molecule has 0 aliphatic carbocycles. The average Bonchev–Trinajstić information content (AvgIpc) is 2.63. The minimum atomic E-state index is 0.545. The fourth-order valence-electron chi connectivity index (χ4n) is 2.26. The first-order chi connectivity index (χ1) is 12.1. The van der Waals surface area contributed by atoms with Crippen LogP contribution in [0.4, 0.5) is 5.69 Å². The van der Waals surface area contributed by atoms with E-state index < -0.39 is 0 Å². The molecule has 3 rings (SSSR count). The highest BCUT2D eigenvalue weighted by Gasteiger charge is 2.01. The van der Waals surface area contributed by atoms with E-state index in [0.717, 1.165) is 27.0 Å². The molecule has 128 valence electrons. The number of hydrogen-bond donors (Lipinski definition) is 1. The number of hydrogen-bond acceptors (Lipinski definition) is 2. The van der Waals surface area contributed by atoms with E-state index in [4.69, 9.17) is 27.9 Å². The lowest BCUT2D eigenvalue weighted by atomic mass is 10.2. The number of nitrogens with one attached hydrogen (secondary N) is 1. The smallest absolute Gasteiger partial charge is 0.119 e. The van der Waals surface area contributed by atoms with Crippen LogP contribution in [0.15, 0.2) is 71.2 Å². The molecule has 0 spiro atoms. The summed E-state index contributed by atoms with van der Waals surface area (Å²) < 4.78 is 6.88. The molecule has 3 aromatic carbocycles. The summed E-state index contributed by atoms with van der Waals surface area (Å²) >= 11 is 15.4. The van der Waals surface area contributed by atoms with Crippen molar-refractivity contribution in [3.05, 3.63) is 92.4 Å². The maximum absolute atomic E-state index is 6.02. The van der Waals surface area contributed by atoms with Crippen LogP contribution in [0, 0.1) is 0 Å². The van der Waals surface area contributed by atoms with Crippen molar-refractivity contribution in [1.82, 2.24) is 0 Å². The first kappa shape index (κ1) is 18.1. The molecule has 0 unspecified atom stereocenters. The van der Waals surface area contributed by atoms with Crippen molar-refractivity contribution in [1.29, 1.82) is 0 Å². The van der Waals surface area contributed by atoms with Crippen LogP contribution < -0.4 is 10.1 Å². The van der Waals surface area contributed by atoms with Gasteiger partial charge in [-0.05, 0) is 53.6 Å². The van der Waals surface area contributed by atoms with Crippen LogP contribution in [-0.2, 0) is 13.2 Å². The second-order valence-corrected chi connectivity index (χ2v) is 7.27. The molecule has 0 aliphatic rings. The van der Waals surface area contributed by atoms with Gasteiger partial charge in [0.15, 0.2) is 0 Å². The third-order valence-corrected chi connectivity index (χ3v) is 4.93. The Bertz CT molecular complexity index is 835. The number of ether oxygens (including phenoxy) is 1.